The Kier molecular flexibility index (Phi) is 8.12. The molecule has 1 aromatic carbocycles. The number of ether oxygens (including phenoxy) is 1. The summed E-state index contributed by atoms with van der Waals surface area (Å²) in [5, 5.41) is 12.6. The number of ketones is 1. The molecule has 138 valence electrons. The van der Waals surface area contributed by atoms with Crippen molar-refractivity contribution >= 4 is 39.6 Å². The summed E-state index contributed by atoms with van der Waals surface area (Å²) < 4.78 is 6.03. The van der Waals surface area contributed by atoms with Crippen molar-refractivity contribution in [2.24, 2.45) is 5.41 Å². The van der Waals surface area contributed by atoms with E-state index in [1.807, 2.05) is 20.8 Å². The van der Waals surface area contributed by atoms with Crippen LogP contribution in [0.25, 0.3) is 0 Å². The first kappa shape index (κ1) is 21.7. The molecule has 0 spiro atoms. The summed E-state index contributed by atoms with van der Waals surface area (Å²) in [7, 11) is 0. The first-order valence-electron chi connectivity index (χ1n) is 7.84. The van der Waals surface area contributed by atoms with Crippen LogP contribution in [0.4, 0.5) is 0 Å². The summed E-state index contributed by atoms with van der Waals surface area (Å²) >= 11 is 9.56. The first-order valence-corrected chi connectivity index (χ1v) is 9.01. The van der Waals surface area contributed by atoms with E-state index < -0.39 is 5.78 Å². The van der Waals surface area contributed by atoms with Gasteiger partial charge in [-0.1, -0.05) is 48.3 Å². The summed E-state index contributed by atoms with van der Waals surface area (Å²) in [4.78, 5) is 24.1. The van der Waals surface area contributed by atoms with Gasteiger partial charge in [0.1, 0.15) is 5.75 Å². The maximum Gasteiger partial charge on any atom is 0.199 e. The predicted molar refractivity (Wildman–Crippen MR) is 102 cm³/mol. The molecule has 7 heteroatoms. The quantitative estimate of drug-likeness (QED) is 0.215. The van der Waals surface area contributed by atoms with Crippen molar-refractivity contribution in [3.8, 4) is 5.75 Å². The highest BCUT2D eigenvalue weighted by Gasteiger charge is 2.24. The average molecular weight is 433 g/mol. The number of nitrogens with one attached hydrogen (secondary N) is 1. The fourth-order valence-corrected chi connectivity index (χ4v) is 2.75. The number of aliphatic hydroxyl groups excluding tert-OH is 1. The molecule has 0 aliphatic rings. The largest absolute Gasteiger partial charge is 0.492 e. The van der Waals surface area contributed by atoms with Crippen molar-refractivity contribution in [1.29, 1.82) is 0 Å². The molecule has 0 aliphatic heterocycles. The number of halogens is 2. The number of hydrogen-bond acceptors (Lipinski definition) is 5. The lowest BCUT2D eigenvalue weighted by molar-refractivity contribution is -0.104. The van der Waals surface area contributed by atoms with E-state index in [0.29, 0.717) is 23.1 Å². The lowest BCUT2D eigenvalue weighted by Crippen LogP contribution is -2.40. The molecule has 0 aliphatic carbocycles. The molecule has 1 atom stereocenters. The van der Waals surface area contributed by atoms with Crippen molar-refractivity contribution in [2.75, 3.05) is 13.2 Å². The van der Waals surface area contributed by atoms with Crippen molar-refractivity contribution < 1.29 is 19.4 Å². The minimum atomic E-state index is -0.527. The van der Waals surface area contributed by atoms with Crippen LogP contribution in [0.3, 0.4) is 0 Å². The van der Waals surface area contributed by atoms with E-state index >= 15 is 0 Å². The topological polar surface area (TPSA) is 75.6 Å². The van der Waals surface area contributed by atoms with Crippen LogP contribution in [0, 0.1) is 5.41 Å². The number of aliphatic hydroxyl groups is 1. The summed E-state index contributed by atoms with van der Waals surface area (Å²) in [5.74, 6) is -0.164. The second kappa shape index (κ2) is 9.36. The molecule has 0 aromatic heterocycles. The fourth-order valence-electron chi connectivity index (χ4n) is 2.07. The van der Waals surface area contributed by atoms with E-state index in [1.165, 1.54) is 12.3 Å². The maximum atomic E-state index is 12.7. The summed E-state index contributed by atoms with van der Waals surface area (Å²) in [6, 6.07) is 2.89. The van der Waals surface area contributed by atoms with E-state index in [2.05, 4.69) is 21.2 Å². The third kappa shape index (κ3) is 5.83. The van der Waals surface area contributed by atoms with Crippen LogP contribution in [0.2, 0.25) is 5.02 Å². The van der Waals surface area contributed by atoms with Gasteiger partial charge in [0.05, 0.1) is 29.9 Å². The van der Waals surface area contributed by atoms with Gasteiger partial charge in [-0.3, -0.25) is 9.59 Å². The number of aldehydes is 1. The summed E-state index contributed by atoms with van der Waals surface area (Å²) in [5.41, 5.74) is -0.182. The zero-order valence-electron chi connectivity index (χ0n) is 14.7. The predicted octanol–water partition coefficient (Wildman–Crippen LogP) is 3.76. The molecule has 0 unspecified atom stereocenters. The molecule has 0 fully saturated rings. The standard InChI is InChI=1S/C18H23BrClNO4/c1-5-25-14-7-12(19)6-13(16(14)20)17(24)11(9-22)8-21-15(10-23)18(2,3)4/h6-9,15,21,23H,5,10H2,1-4H3/t15-/m1/s1. The molecule has 25 heavy (non-hydrogen) atoms. The molecule has 1 rings (SSSR count). The number of hydrogen-bond donors (Lipinski definition) is 2. The van der Waals surface area contributed by atoms with Crippen LogP contribution >= 0.6 is 27.5 Å². The van der Waals surface area contributed by atoms with Crippen molar-refractivity contribution in [1.82, 2.24) is 5.32 Å². The molecule has 0 bridgehead atoms. The van der Waals surface area contributed by atoms with Gasteiger partial charge < -0.3 is 15.2 Å². The van der Waals surface area contributed by atoms with Gasteiger partial charge in [-0.2, -0.15) is 0 Å². The van der Waals surface area contributed by atoms with Crippen LogP contribution in [-0.4, -0.2) is 36.4 Å². The molecule has 1 aromatic rings. The second-order valence-electron chi connectivity index (χ2n) is 6.51. The zero-order valence-corrected chi connectivity index (χ0v) is 17.1. The van der Waals surface area contributed by atoms with Crippen LogP contribution in [0.1, 0.15) is 38.1 Å². The molecule has 0 radical (unpaired) electrons. The van der Waals surface area contributed by atoms with Crippen LogP contribution in [-0.2, 0) is 4.79 Å². The van der Waals surface area contributed by atoms with Crippen molar-refractivity contribution in [3.63, 3.8) is 0 Å². The smallest absolute Gasteiger partial charge is 0.199 e. The minimum absolute atomic E-state index is 0.0925. The van der Waals surface area contributed by atoms with Crippen molar-refractivity contribution in [3.05, 3.63) is 39.0 Å². The van der Waals surface area contributed by atoms with Crippen molar-refractivity contribution in [2.45, 2.75) is 33.7 Å². The van der Waals surface area contributed by atoms with E-state index in [4.69, 9.17) is 16.3 Å². The number of carbonyl (C=O) groups is 2. The molecule has 0 amide bonds. The van der Waals surface area contributed by atoms with Gasteiger partial charge in [-0.15, -0.1) is 0 Å². The van der Waals surface area contributed by atoms with Gasteiger partial charge in [-0.25, -0.2) is 0 Å². The lowest BCUT2D eigenvalue weighted by atomic mass is 9.87. The lowest BCUT2D eigenvalue weighted by Gasteiger charge is -2.29. The minimum Gasteiger partial charge on any atom is -0.492 e. The molecule has 0 heterocycles. The van der Waals surface area contributed by atoms with Gasteiger partial charge in [-0.05, 0) is 24.5 Å². The third-order valence-corrected chi connectivity index (χ3v) is 4.45. The molecular weight excluding hydrogens is 410 g/mol. The maximum absolute atomic E-state index is 12.7. The Balaban J connectivity index is 3.19. The van der Waals surface area contributed by atoms with Gasteiger partial charge >= 0.3 is 0 Å². The highest BCUT2D eigenvalue weighted by Crippen LogP contribution is 2.33. The number of carbonyl (C=O) groups excluding carboxylic acids is 2. The first-order chi connectivity index (χ1) is 11.6. The van der Waals surface area contributed by atoms with Crippen LogP contribution in [0.15, 0.2) is 28.4 Å². The Labute approximate surface area is 161 Å². The number of rotatable bonds is 8. The molecule has 5 nitrogen and oxygen atoms in total. The SMILES string of the molecule is CCOc1cc(Br)cc(C(=O)C(C=O)=CN[C@H](CO)C(C)(C)C)c1Cl. The third-order valence-electron chi connectivity index (χ3n) is 3.61. The van der Waals surface area contributed by atoms with Gasteiger partial charge in [0.15, 0.2) is 12.1 Å². The van der Waals surface area contributed by atoms with Crippen LogP contribution in [0.5, 0.6) is 5.75 Å². The molecule has 0 saturated carbocycles. The van der Waals surface area contributed by atoms with Gasteiger partial charge in [0.25, 0.3) is 0 Å². The Bertz CT molecular complexity index is 668. The highest BCUT2D eigenvalue weighted by atomic mass is 79.9. The Morgan fingerprint density at radius 2 is 2.08 bits per heavy atom. The summed E-state index contributed by atoms with van der Waals surface area (Å²) in [6.45, 7) is 7.89. The second-order valence-corrected chi connectivity index (χ2v) is 7.81. The van der Waals surface area contributed by atoms with Gasteiger partial charge in [0.2, 0.25) is 0 Å². The van der Waals surface area contributed by atoms with Gasteiger partial charge in [0, 0.05) is 16.2 Å². The Morgan fingerprint density at radius 3 is 2.56 bits per heavy atom. The monoisotopic (exact) mass is 431 g/mol. The highest BCUT2D eigenvalue weighted by molar-refractivity contribution is 9.10. The Hall–Kier alpha value is -1.37. The van der Waals surface area contributed by atoms with E-state index in [1.54, 1.807) is 13.0 Å². The number of Topliss-reactive ketones (excluding diaryl/α,β-unsaturated/α-hetero) is 1. The zero-order chi connectivity index (χ0) is 19.2. The summed E-state index contributed by atoms with van der Waals surface area (Å²) in [6.07, 6.45) is 1.78. The molecular formula is C18H23BrClNO4. The number of benzene rings is 1. The van der Waals surface area contributed by atoms with E-state index in [-0.39, 0.29) is 34.2 Å². The Morgan fingerprint density at radius 1 is 1.44 bits per heavy atom. The molecule has 0 saturated heterocycles. The molecule has 2 N–H and O–H groups in total. The normalized spacial score (nSPS) is 13.3. The van der Waals surface area contributed by atoms with Crippen LogP contribution < -0.4 is 10.1 Å². The number of allylic oxidation sites excluding steroid dienone is 1. The average Bonchev–Trinajstić information content (AvgIpc) is 2.53. The van der Waals surface area contributed by atoms with E-state index in [0.717, 1.165) is 0 Å². The fraction of sp³-hybridized carbons (Fsp3) is 0.444. The van der Waals surface area contributed by atoms with E-state index in [9.17, 15) is 14.7 Å².